The summed E-state index contributed by atoms with van der Waals surface area (Å²) in [6, 6.07) is 5.61. The summed E-state index contributed by atoms with van der Waals surface area (Å²) < 4.78 is 70.3. The molecule has 1 N–H and O–H groups in total. The number of rotatable bonds is 6. The predicted octanol–water partition coefficient (Wildman–Crippen LogP) is 1.77. The molecule has 31 heavy (non-hydrogen) atoms. The maximum Gasteiger partial charge on any atom is 0.490 e. The van der Waals surface area contributed by atoms with Crippen LogP contribution in [0.4, 0.5) is 13.2 Å². The van der Waals surface area contributed by atoms with Crippen LogP contribution in [0.25, 0.3) is 0 Å². The zero-order valence-electron chi connectivity index (χ0n) is 17.2. The van der Waals surface area contributed by atoms with Crippen molar-refractivity contribution >= 4 is 16.2 Å². The molecular formula is C18H26F3N3O6S. The molecule has 2 saturated heterocycles. The fourth-order valence-electron chi connectivity index (χ4n) is 3.35. The number of hydrogen-bond donors (Lipinski definition) is 1. The smallest absolute Gasteiger partial charge is 0.478 e. The van der Waals surface area contributed by atoms with Gasteiger partial charge in [0.1, 0.15) is 0 Å². The summed E-state index contributed by atoms with van der Waals surface area (Å²) in [7, 11) is -0.222. The van der Waals surface area contributed by atoms with Gasteiger partial charge < -0.3 is 14.6 Å². The Balaban J connectivity index is 0.000000423. The van der Waals surface area contributed by atoms with E-state index in [9.17, 15) is 21.6 Å². The minimum Gasteiger partial charge on any atom is -0.478 e. The van der Waals surface area contributed by atoms with E-state index in [1.165, 1.54) is 8.61 Å². The van der Waals surface area contributed by atoms with Gasteiger partial charge in [0.15, 0.2) is 0 Å². The molecule has 13 heteroatoms. The SMILES string of the molecule is CN(C)S(=O)(=O)N1CC2(CC(CCOc3ccccn3)CCO2)C1.O=C(O)C(F)(F)F. The van der Waals surface area contributed by atoms with Crippen molar-refractivity contribution in [1.82, 2.24) is 13.6 Å². The lowest BCUT2D eigenvalue weighted by atomic mass is 9.80. The van der Waals surface area contributed by atoms with Crippen LogP contribution in [0.1, 0.15) is 19.3 Å². The number of carbonyl (C=O) groups is 1. The van der Waals surface area contributed by atoms with Crippen LogP contribution in [-0.2, 0) is 19.7 Å². The summed E-state index contributed by atoms with van der Waals surface area (Å²) in [5.74, 6) is -1.62. The van der Waals surface area contributed by atoms with Crippen LogP contribution < -0.4 is 4.74 Å². The van der Waals surface area contributed by atoms with Crippen LogP contribution in [0.5, 0.6) is 5.88 Å². The molecule has 0 radical (unpaired) electrons. The Kier molecular flexibility index (Phi) is 8.25. The molecule has 0 aliphatic carbocycles. The van der Waals surface area contributed by atoms with Crippen molar-refractivity contribution in [2.24, 2.45) is 5.92 Å². The summed E-state index contributed by atoms with van der Waals surface area (Å²) in [4.78, 5) is 13.0. The average Bonchev–Trinajstić information content (AvgIpc) is 2.66. The second-order valence-corrected chi connectivity index (χ2v) is 9.70. The van der Waals surface area contributed by atoms with Crippen molar-refractivity contribution < 1.29 is 41.0 Å². The minimum absolute atomic E-state index is 0.309. The van der Waals surface area contributed by atoms with Crippen molar-refractivity contribution in [1.29, 1.82) is 0 Å². The molecule has 1 unspecified atom stereocenters. The Morgan fingerprint density at radius 2 is 2.03 bits per heavy atom. The maximum absolute atomic E-state index is 12.1. The monoisotopic (exact) mass is 469 g/mol. The van der Waals surface area contributed by atoms with Crippen LogP contribution in [0, 0.1) is 5.92 Å². The molecule has 1 atom stereocenters. The van der Waals surface area contributed by atoms with Crippen LogP contribution >= 0.6 is 0 Å². The summed E-state index contributed by atoms with van der Waals surface area (Å²) in [5, 5.41) is 7.12. The van der Waals surface area contributed by atoms with Crippen LogP contribution in [0.3, 0.4) is 0 Å². The first-order valence-electron chi connectivity index (χ1n) is 9.51. The second kappa shape index (κ2) is 10.1. The van der Waals surface area contributed by atoms with Gasteiger partial charge in [-0.3, -0.25) is 0 Å². The van der Waals surface area contributed by atoms with Crippen LogP contribution in [0.15, 0.2) is 24.4 Å². The van der Waals surface area contributed by atoms with Gasteiger partial charge in [0.25, 0.3) is 10.2 Å². The molecule has 3 rings (SSSR count). The van der Waals surface area contributed by atoms with Gasteiger partial charge in [0.05, 0.1) is 12.2 Å². The number of nitrogens with zero attached hydrogens (tertiary/aromatic N) is 3. The lowest BCUT2D eigenvalue weighted by Crippen LogP contribution is -2.67. The van der Waals surface area contributed by atoms with Crippen molar-refractivity contribution in [3.05, 3.63) is 24.4 Å². The molecule has 9 nitrogen and oxygen atoms in total. The van der Waals surface area contributed by atoms with Crippen molar-refractivity contribution in [2.45, 2.75) is 31.0 Å². The Morgan fingerprint density at radius 1 is 1.39 bits per heavy atom. The van der Waals surface area contributed by atoms with Crippen molar-refractivity contribution in [3.8, 4) is 5.88 Å². The van der Waals surface area contributed by atoms with E-state index in [0.29, 0.717) is 38.1 Å². The third-order valence-corrected chi connectivity index (χ3v) is 6.80. The number of aliphatic carboxylic acids is 1. The molecule has 176 valence electrons. The standard InChI is InChI=1S/C16H25N3O4S.C2HF3O2/c1-18(2)24(20,21)19-12-16(13-19)11-14(7-10-23-16)6-9-22-15-5-3-4-8-17-15;3-2(4,5)1(6)7/h3-5,8,14H,6-7,9-13H2,1-2H3;(H,6,7). The highest BCUT2D eigenvalue weighted by Gasteiger charge is 2.52. The van der Waals surface area contributed by atoms with Gasteiger partial charge >= 0.3 is 12.1 Å². The van der Waals surface area contributed by atoms with Crippen molar-refractivity contribution in [3.63, 3.8) is 0 Å². The Morgan fingerprint density at radius 3 is 2.55 bits per heavy atom. The van der Waals surface area contributed by atoms with E-state index in [4.69, 9.17) is 19.4 Å². The number of carboxylic acids is 1. The fourth-order valence-corrected chi connectivity index (χ4v) is 4.61. The number of hydrogen-bond acceptors (Lipinski definition) is 6. The highest BCUT2D eigenvalue weighted by Crippen LogP contribution is 2.39. The molecule has 2 aliphatic rings. The van der Waals surface area contributed by atoms with E-state index in [1.54, 1.807) is 20.3 Å². The molecule has 2 aliphatic heterocycles. The molecule has 0 amide bonds. The first kappa shape index (κ1) is 25.3. The number of aromatic nitrogens is 1. The van der Waals surface area contributed by atoms with E-state index in [2.05, 4.69) is 4.98 Å². The molecule has 0 aromatic carbocycles. The quantitative estimate of drug-likeness (QED) is 0.676. The van der Waals surface area contributed by atoms with Crippen LogP contribution in [-0.4, -0.2) is 85.3 Å². The Bertz CT molecular complexity index is 830. The van der Waals surface area contributed by atoms with Crippen molar-refractivity contribution in [2.75, 3.05) is 40.4 Å². The molecule has 1 spiro atoms. The predicted molar refractivity (Wildman–Crippen MR) is 104 cm³/mol. The maximum atomic E-state index is 12.1. The Hall–Kier alpha value is -1.96. The molecule has 0 bridgehead atoms. The zero-order chi connectivity index (χ0) is 23.3. The van der Waals surface area contributed by atoms with E-state index in [1.807, 2.05) is 18.2 Å². The molecule has 1 aromatic heterocycles. The molecule has 0 saturated carbocycles. The number of alkyl halides is 3. The van der Waals surface area contributed by atoms with Gasteiger partial charge in [-0.2, -0.15) is 30.2 Å². The number of ether oxygens (including phenoxy) is 2. The zero-order valence-corrected chi connectivity index (χ0v) is 18.0. The highest BCUT2D eigenvalue weighted by atomic mass is 32.2. The summed E-state index contributed by atoms with van der Waals surface area (Å²) in [5.41, 5.74) is -0.309. The summed E-state index contributed by atoms with van der Waals surface area (Å²) in [6.45, 7) is 2.21. The number of halogens is 3. The molecule has 1 aromatic rings. The Labute approximate surface area is 178 Å². The summed E-state index contributed by atoms with van der Waals surface area (Å²) in [6.07, 6.45) is -0.555. The van der Waals surface area contributed by atoms with Crippen LogP contribution in [0.2, 0.25) is 0 Å². The van der Waals surface area contributed by atoms with Gasteiger partial charge in [-0.15, -0.1) is 0 Å². The minimum atomic E-state index is -5.08. The van der Waals surface area contributed by atoms with E-state index in [0.717, 1.165) is 19.3 Å². The fraction of sp³-hybridized carbons (Fsp3) is 0.667. The normalized spacial score (nSPS) is 21.2. The van der Waals surface area contributed by atoms with Gasteiger partial charge in [-0.1, -0.05) is 6.07 Å². The first-order chi connectivity index (χ1) is 14.4. The van der Waals surface area contributed by atoms with E-state index < -0.39 is 22.4 Å². The third kappa shape index (κ3) is 7.02. The van der Waals surface area contributed by atoms with E-state index >= 15 is 0 Å². The number of pyridine rings is 1. The largest absolute Gasteiger partial charge is 0.490 e. The molecule has 2 fully saturated rings. The summed E-state index contributed by atoms with van der Waals surface area (Å²) >= 11 is 0. The first-order valence-corrected chi connectivity index (χ1v) is 10.9. The average molecular weight is 469 g/mol. The topological polar surface area (TPSA) is 109 Å². The second-order valence-electron chi connectivity index (χ2n) is 7.56. The highest BCUT2D eigenvalue weighted by molar-refractivity contribution is 7.86. The lowest BCUT2D eigenvalue weighted by molar-refractivity contribution is -0.192. The lowest BCUT2D eigenvalue weighted by Gasteiger charge is -2.52. The van der Waals surface area contributed by atoms with Gasteiger partial charge in [-0.25, -0.2) is 9.78 Å². The molecular weight excluding hydrogens is 443 g/mol. The van der Waals surface area contributed by atoms with E-state index in [-0.39, 0.29) is 5.60 Å². The molecule has 3 heterocycles. The third-order valence-electron chi connectivity index (χ3n) is 4.97. The van der Waals surface area contributed by atoms with Gasteiger partial charge in [0.2, 0.25) is 5.88 Å². The number of carboxylic acid groups (broad SMARTS) is 1. The van der Waals surface area contributed by atoms with Gasteiger partial charge in [0, 0.05) is 46.1 Å². The van der Waals surface area contributed by atoms with Gasteiger partial charge in [-0.05, 0) is 31.2 Å².